The van der Waals surface area contributed by atoms with E-state index in [0.717, 1.165) is 41.3 Å². The lowest BCUT2D eigenvalue weighted by Crippen LogP contribution is -2.54. The van der Waals surface area contributed by atoms with Gasteiger partial charge in [-0.2, -0.15) is 0 Å². The summed E-state index contributed by atoms with van der Waals surface area (Å²) in [6, 6.07) is 17.9. The average Bonchev–Trinajstić information content (AvgIpc) is 3.11. The fourth-order valence-electron chi connectivity index (χ4n) is 4.58. The Morgan fingerprint density at radius 1 is 0.971 bits per heavy atom. The molecule has 7 heteroatoms. The van der Waals surface area contributed by atoms with Crippen molar-refractivity contribution in [3.8, 4) is 5.69 Å². The zero-order valence-corrected chi connectivity index (χ0v) is 21.6. The van der Waals surface area contributed by atoms with E-state index < -0.39 is 11.8 Å². The van der Waals surface area contributed by atoms with Crippen LogP contribution in [0.15, 0.2) is 60.2 Å². The number of hydrogen-bond acceptors (Lipinski definition) is 4. The van der Waals surface area contributed by atoms with E-state index in [1.165, 1.54) is 10.6 Å². The minimum Gasteiger partial charge on any atom is -0.372 e. The van der Waals surface area contributed by atoms with Crippen LogP contribution in [0, 0.1) is 20.8 Å². The molecule has 0 saturated carbocycles. The smallest absolute Gasteiger partial charge is 0.270 e. The van der Waals surface area contributed by atoms with E-state index in [1.807, 2.05) is 51.1 Å². The summed E-state index contributed by atoms with van der Waals surface area (Å²) in [5, 5.41) is 2.76. The number of amides is 2. The Kier molecular flexibility index (Phi) is 6.89. The van der Waals surface area contributed by atoms with Crippen molar-refractivity contribution in [2.45, 2.75) is 34.6 Å². The fourth-order valence-corrected chi connectivity index (χ4v) is 4.85. The highest BCUT2D eigenvalue weighted by Crippen LogP contribution is 2.28. The monoisotopic (exact) mass is 486 g/mol. The van der Waals surface area contributed by atoms with Gasteiger partial charge in [-0.05, 0) is 100 Å². The predicted molar refractivity (Wildman–Crippen MR) is 146 cm³/mol. The maximum absolute atomic E-state index is 13.4. The maximum Gasteiger partial charge on any atom is 0.270 e. The first kappa shape index (κ1) is 24.4. The molecule has 1 aliphatic rings. The molecule has 0 unspecified atom stereocenters. The van der Waals surface area contributed by atoms with Crippen LogP contribution in [0.4, 0.5) is 11.4 Å². The fraction of sp³-hybridized carbons (Fsp3) is 0.250. The Labute approximate surface area is 211 Å². The van der Waals surface area contributed by atoms with Crippen LogP contribution in [0.1, 0.15) is 36.4 Å². The van der Waals surface area contributed by atoms with Gasteiger partial charge in [0.25, 0.3) is 11.8 Å². The molecular formula is C28H30N4O2S. The largest absolute Gasteiger partial charge is 0.372 e. The lowest BCUT2D eigenvalue weighted by Gasteiger charge is -2.30. The van der Waals surface area contributed by atoms with Crippen LogP contribution in [-0.2, 0) is 9.59 Å². The highest BCUT2D eigenvalue weighted by atomic mass is 32.1. The molecule has 1 saturated heterocycles. The summed E-state index contributed by atoms with van der Waals surface area (Å²) in [6.45, 7) is 12.1. The number of carbonyl (C=O) groups excluding carboxylic acids is 2. The van der Waals surface area contributed by atoms with E-state index in [2.05, 4.69) is 52.9 Å². The summed E-state index contributed by atoms with van der Waals surface area (Å²) in [4.78, 5) is 29.9. The van der Waals surface area contributed by atoms with Crippen molar-refractivity contribution in [2.75, 3.05) is 22.9 Å². The molecule has 2 amide bonds. The third-order valence-electron chi connectivity index (χ3n) is 6.46. The summed E-state index contributed by atoms with van der Waals surface area (Å²) in [7, 11) is 0. The quantitative estimate of drug-likeness (QED) is 0.300. The Bertz CT molecular complexity index is 1330. The van der Waals surface area contributed by atoms with Crippen LogP contribution in [-0.4, -0.2) is 34.6 Å². The molecule has 0 spiro atoms. The van der Waals surface area contributed by atoms with Crippen molar-refractivity contribution in [3.63, 3.8) is 0 Å². The van der Waals surface area contributed by atoms with Gasteiger partial charge in [0.05, 0.1) is 5.69 Å². The van der Waals surface area contributed by atoms with Crippen LogP contribution in [0.3, 0.4) is 0 Å². The van der Waals surface area contributed by atoms with Crippen molar-refractivity contribution in [3.05, 3.63) is 82.7 Å². The Morgan fingerprint density at radius 3 is 2.26 bits per heavy atom. The molecule has 180 valence electrons. The van der Waals surface area contributed by atoms with Gasteiger partial charge in [0.15, 0.2) is 5.11 Å². The number of aryl methyl sites for hydroxylation is 2. The summed E-state index contributed by atoms with van der Waals surface area (Å²) in [5.74, 6) is -0.917. The van der Waals surface area contributed by atoms with E-state index in [-0.39, 0.29) is 10.7 Å². The summed E-state index contributed by atoms with van der Waals surface area (Å²) in [6.07, 6.45) is 1.66. The van der Waals surface area contributed by atoms with Crippen molar-refractivity contribution >= 4 is 46.6 Å². The van der Waals surface area contributed by atoms with Gasteiger partial charge in [0.1, 0.15) is 5.57 Å². The van der Waals surface area contributed by atoms with Gasteiger partial charge < -0.3 is 9.47 Å². The number of nitrogens with one attached hydrogen (secondary N) is 1. The second-order valence-electron chi connectivity index (χ2n) is 8.59. The van der Waals surface area contributed by atoms with Crippen molar-refractivity contribution in [1.29, 1.82) is 0 Å². The average molecular weight is 487 g/mol. The van der Waals surface area contributed by atoms with Crippen LogP contribution in [0.25, 0.3) is 11.8 Å². The van der Waals surface area contributed by atoms with Gasteiger partial charge in [0, 0.05) is 35.9 Å². The zero-order valence-electron chi connectivity index (χ0n) is 20.8. The molecule has 1 fully saturated rings. The number of hydrogen-bond donors (Lipinski definition) is 1. The Balaban J connectivity index is 1.71. The van der Waals surface area contributed by atoms with Gasteiger partial charge in [-0.25, -0.2) is 0 Å². The first-order valence-corrected chi connectivity index (χ1v) is 12.2. The number of nitrogens with zero attached hydrogens (tertiary/aromatic N) is 3. The van der Waals surface area contributed by atoms with Crippen molar-refractivity contribution < 1.29 is 9.59 Å². The first-order chi connectivity index (χ1) is 16.8. The van der Waals surface area contributed by atoms with Gasteiger partial charge >= 0.3 is 0 Å². The lowest BCUT2D eigenvalue weighted by atomic mass is 10.1. The van der Waals surface area contributed by atoms with Crippen LogP contribution < -0.4 is 15.1 Å². The number of thiocarbonyl (C=S) groups is 1. The number of para-hydroxylation sites is 1. The van der Waals surface area contributed by atoms with E-state index in [4.69, 9.17) is 12.2 Å². The highest BCUT2D eigenvalue weighted by Gasteiger charge is 2.35. The molecule has 0 radical (unpaired) electrons. The number of benzene rings is 2. The van der Waals surface area contributed by atoms with Gasteiger partial charge in [-0.3, -0.25) is 19.8 Å². The minimum atomic E-state index is -0.488. The topological polar surface area (TPSA) is 57.6 Å². The number of anilines is 2. The van der Waals surface area contributed by atoms with Crippen molar-refractivity contribution in [1.82, 2.24) is 9.88 Å². The van der Waals surface area contributed by atoms with Crippen LogP contribution >= 0.6 is 12.2 Å². The normalized spacial score (nSPS) is 15.1. The molecule has 1 aromatic heterocycles. The van der Waals surface area contributed by atoms with Gasteiger partial charge in [0.2, 0.25) is 0 Å². The number of rotatable bonds is 6. The molecular weight excluding hydrogens is 456 g/mol. The molecule has 4 rings (SSSR count). The van der Waals surface area contributed by atoms with Crippen LogP contribution in [0.2, 0.25) is 0 Å². The third kappa shape index (κ3) is 4.51. The minimum absolute atomic E-state index is 0.0546. The molecule has 3 aromatic rings. The lowest BCUT2D eigenvalue weighted by molar-refractivity contribution is -0.122. The maximum atomic E-state index is 13.4. The molecule has 0 atom stereocenters. The van der Waals surface area contributed by atoms with Crippen LogP contribution in [0.5, 0.6) is 0 Å². The Hall–Kier alpha value is -3.71. The van der Waals surface area contributed by atoms with E-state index >= 15 is 0 Å². The summed E-state index contributed by atoms with van der Waals surface area (Å²) >= 11 is 5.34. The third-order valence-corrected chi connectivity index (χ3v) is 6.75. The first-order valence-electron chi connectivity index (χ1n) is 11.8. The van der Waals surface area contributed by atoms with Crippen molar-refractivity contribution in [2.24, 2.45) is 0 Å². The standard InChI is InChI=1S/C28H30N4O2S/c1-6-30(7-2)22-12-14-23(15-13-22)31-19(4)16-21(20(31)5)17-24-26(33)29-28(35)32(27(24)34)25-11-9-8-10-18(25)3/h8-17H,6-7H2,1-5H3,(H,29,33,35)/b24-17+. The van der Waals surface area contributed by atoms with E-state index in [9.17, 15) is 9.59 Å². The summed E-state index contributed by atoms with van der Waals surface area (Å²) in [5.41, 5.74) is 6.59. The van der Waals surface area contributed by atoms with Gasteiger partial charge in [-0.15, -0.1) is 0 Å². The molecule has 1 aliphatic heterocycles. The molecule has 2 aromatic carbocycles. The second kappa shape index (κ2) is 9.88. The van der Waals surface area contributed by atoms with E-state index in [1.54, 1.807) is 6.08 Å². The Morgan fingerprint density at radius 2 is 1.63 bits per heavy atom. The second-order valence-corrected chi connectivity index (χ2v) is 8.98. The number of aromatic nitrogens is 1. The predicted octanol–water partition coefficient (Wildman–Crippen LogP) is 5.08. The molecule has 0 aliphatic carbocycles. The number of carbonyl (C=O) groups is 2. The molecule has 6 nitrogen and oxygen atoms in total. The highest BCUT2D eigenvalue weighted by molar-refractivity contribution is 7.80. The molecule has 2 heterocycles. The SMILES string of the molecule is CCN(CC)c1ccc(-n2c(C)cc(/C=C3\C(=O)NC(=S)N(c4ccccc4C)C3=O)c2C)cc1. The molecule has 1 N–H and O–H groups in total. The molecule has 0 bridgehead atoms. The van der Waals surface area contributed by atoms with Gasteiger partial charge in [-0.1, -0.05) is 18.2 Å². The molecule has 35 heavy (non-hydrogen) atoms. The van der Waals surface area contributed by atoms with E-state index in [0.29, 0.717) is 5.69 Å². The summed E-state index contributed by atoms with van der Waals surface area (Å²) < 4.78 is 2.13. The zero-order chi connectivity index (χ0) is 25.3.